The van der Waals surface area contributed by atoms with Crippen molar-refractivity contribution in [1.82, 2.24) is 9.80 Å². The van der Waals surface area contributed by atoms with Gasteiger partial charge in [0.15, 0.2) is 11.5 Å². The second kappa shape index (κ2) is 12.4. The lowest BCUT2D eigenvalue weighted by Gasteiger charge is -2.27. The lowest BCUT2D eigenvalue weighted by atomic mass is 10.1. The molecule has 0 atom stereocenters. The molecular weight excluding hydrogens is 559 g/mol. The zero-order valence-corrected chi connectivity index (χ0v) is 23.2. The lowest BCUT2D eigenvalue weighted by Crippen LogP contribution is -2.44. The normalized spacial score (nSPS) is 17.0. The molecule has 2 heterocycles. The summed E-state index contributed by atoms with van der Waals surface area (Å²) in [5.41, 5.74) is 1.35. The largest absolute Gasteiger partial charge is 0.490 e. The van der Waals surface area contributed by atoms with Gasteiger partial charge in [0.05, 0.1) is 26.6 Å². The third-order valence-corrected chi connectivity index (χ3v) is 7.80. The SMILES string of the molecule is CCOc1cc(/C=C2\SC(=O)N(CC(=O)N3CCCCC3)C2=O)cc(Cl)c1OCc1ccc(Cl)c(Cl)c1. The summed E-state index contributed by atoms with van der Waals surface area (Å²) in [7, 11) is 0. The third-order valence-electron chi connectivity index (χ3n) is 5.87. The van der Waals surface area contributed by atoms with Gasteiger partial charge in [0.25, 0.3) is 11.1 Å². The van der Waals surface area contributed by atoms with E-state index in [0.717, 1.165) is 41.5 Å². The van der Waals surface area contributed by atoms with Gasteiger partial charge in [-0.1, -0.05) is 40.9 Å². The highest BCUT2D eigenvalue weighted by Gasteiger charge is 2.37. The minimum Gasteiger partial charge on any atom is -0.490 e. The fourth-order valence-electron chi connectivity index (χ4n) is 4.03. The van der Waals surface area contributed by atoms with Gasteiger partial charge in [0.2, 0.25) is 5.91 Å². The molecule has 196 valence electrons. The van der Waals surface area contributed by atoms with Crippen LogP contribution >= 0.6 is 46.6 Å². The number of benzene rings is 2. The van der Waals surface area contributed by atoms with Crippen molar-refractivity contribution in [2.75, 3.05) is 26.2 Å². The van der Waals surface area contributed by atoms with Crippen LogP contribution in [0.25, 0.3) is 6.08 Å². The highest BCUT2D eigenvalue weighted by molar-refractivity contribution is 8.18. The summed E-state index contributed by atoms with van der Waals surface area (Å²) in [6.45, 7) is 3.42. The summed E-state index contributed by atoms with van der Waals surface area (Å²) >= 11 is 19.4. The van der Waals surface area contributed by atoms with E-state index in [-0.39, 0.29) is 29.0 Å². The molecule has 2 aliphatic rings. The van der Waals surface area contributed by atoms with Crippen LogP contribution in [-0.4, -0.2) is 53.1 Å². The van der Waals surface area contributed by atoms with E-state index >= 15 is 0 Å². The Morgan fingerprint density at radius 3 is 2.46 bits per heavy atom. The molecule has 11 heteroatoms. The maximum absolute atomic E-state index is 12.9. The molecule has 2 aliphatic heterocycles. The highest BCUT2D eigenvalue weighted by Crippen LogP contribution is 2.40. The Labute approximate surface area is 234 Å². The Morgan fingerprint density at radius 1 is 1.00 bits per heavy atom. The van der Waals surface area contributed by atoms with Crippen LogP contribution < -0.4 is 9.47 Å². The number of thioether (sulfide) groups is 1. The zero-order chi connectivity index (χ0) is 26.5. The average Bonchev–Trinajstić information content (AvgIpc) is 3.13. The molecule has 4 rings (SSSR count). The number of likely N-dealkylation sites (tertiary alicyclic amines) is 1. The predicted molar refractivity (Wildman–Crippen MR) is 147 cm³/mol. The van der Waals surface area contributed by atoms with Crippen LogP contribution in [0, 0.1) is 0 Å². The summed E-state index contributed by atoms with van der Waals surface area (Å²) in [6.07, 6.45) is 4.51. The van der Waals surface area contributed by atoms with E-state index in [1.807, 2.05) is 6.92 Å². The average molecular weight is 584 g/mol. The molecular formula is C26H25Cl3N2O5S. The summed E-state index contributed by atoms with van der Waals surface area (Å²) in [6, 6.07) is 8.50. The number of hydrogen-bond donors (Lipinski definition) is 0. The minimum absolute atomic E-state index is 0.181. The second-order valence-electron chi connectivity index (χ2n) is 8.51. The summed E-state index contributed by atoms with van der Waals surface area (Å²) in [5, 5.41) is 0.667. The second-order valence-corrected chi connectivity index (χ2v) is 10.7. The number of amides is 3. The van der Waals surface area contributed by atoms with Gasteiger partial charge in [-0.25, -0.2) is 0 Å². The number of piperidine rings is 1. The highest BCUT2D eigenvalue weighted by atomic mass is 35.5. The van der Waals surface area contributed by atoms with Crippen LogP contribution in [-0.2, 0) is 16.2 Å². The molecule has 0 aliphatic carbocycles. The van der Waals surface area contributed by atoms with E-state index in [9.17, 15) is 14.4 Å². The fraction of sp³-hybridized carbons (Fsp3) is 0.346. The monoisotopic (exact) mass is 582 g/mol. The molecule has 2 fully saturated rings. The van der Waals surface area contributed by atoms with E-state index in [0.29, 0.717) is 46.8 Å². The number of carbonyl (C=O) groups is 3. The van der Waals surface area contributed by atoms with Crippen LogP contribution in [0.1, 0.15) is 37.3 Å². The van der Waals surface area contributed by atoms with Gasteiger partial charge in [-0.05, 0) is 79.4 Å². The molecule has 0 spiro atoms. The molecule has 2 aromatic rings. The van der Waals surface area contributed by atoms with Gasteiger partial charge >= 0.3 is 0 Å². The Bertz CT molecular complexity index is 1250. The number of halogens is 3. The minimum atomic E-state index is -0.505. The Morgan fingerprint density at radius 2 is 1.76 bits per heavy atom. The number of carbonyl (C=O) groups excluding carboxylic acids is 3. The molecule has 0 aromatic heterocycles. The smallest absolute Gasteiger partial charge is 0.294 e. The standard InChI is InChI=1S/C26H25Cl3N2O5S/c1-2-35-21-12-17(11-20(29)24(21)36-15-16-6-7-18(27)19(28)10-16)13-22-25(33)31(26(34)37-22)14-23(32)30-8-4-3-5-9-30/h6-7,10-13H,2-5,8-9,14-15H2,1H3/b22-13-. The predicted octanol–water partition coefficient (Wildman–Crippen LogP) is 6.67. The van der Waals surface area contributed by atoms with E-state index in [2.05, 4.69) is 0 Å². The molecule has 2 aromatic carbocycles. The van der Waals surface area contributed by atoms with Crippen LogP contribution in [0.5, 0.6) is 11.5 Å². The Balaban J connectivity index is 1.50. The molecule has 0 radical (unpaired) electrons. The third kappa shape index (κ3) is 6.74. The van der Waals surface area contributed by atoms with E-state index in [4.69, 9.17) is 44.3 Å². The van der Waals surface area contributed by atoms with Crippen molar-refractivity contribution in [3.05, 3.63) is 61.4 Å². The van der Waals surface area contributed by atoms with Crippen molar-refractivity contribution in [1.29, 1.82) is 0 Å². The lowest BCUT2D eigenvalue weighted by molar-refractivity contribution is -0.136. The van der Waals surface area contributed by atoms with Gasteiger partial charge in [-0.15, -0.1) is 0 Å². The van der Waals surface area contributed by atoms with Crippen molar-refractivity contribution in [2.24, 2.45) is 0 Å². The van der Waals surface area contributed by atoms with Crippen LogP contribution in [0.2, 0.25) is 15.1 Å². The van der Waals surface area contributed by atoms with Crippen LogP contribution in [0.15, 0.2) is 35.2 Å². The summed E-state index contributed by atoms with van der Waals surface area (Å²) in [4.78, 5) is 41.0. The number of imide groups is 1. The first-order valence-corrected chi connectivity index (χ1v) is 13.8. The van der Waals surface area contributed by atoms with Crippen LogP contribution in [0.3, 0.4) is 0 Å². The van der Waals surface area contributed by atoms with E-state index in [1.54, 1.807) is 41.3 Å². The molecule has 0 N–H and O–H groups in total. The number of ether oxygens (including phenoxy) is 2. The first-order valence-electron chi connectivity index (χ1n) is 11.8. The number of rotatable bonds is 8. The fourth-order valence-corrected chi connectivity index (χ4v) is 5.46. The van der Waals surface area contributed by atoms with Gasteiger partial charge in [0.1, 0.15) is 13.2 Å². The van der Waals surface area contributed by atoms with E-state index < -0.39 is 11.1 Å². The molecule has 7 nitrogen and oxygen atoms in total. The molecule has 0 unspecified atom stereocenters. The maximum atomic E-state index is 12.9. The zero-order valence-electron chi connectivity index (χ0n) is 20.1. The Kier molecular flexibility index (Phi) is 9.29. The van der Waals surface area contributed by atoms with Crippen molar-refractivity contribution in [3.8, 4) is 11.5 Å². The summed E-state index contributed by atoms with van der Waals surface area (Å²) in [5.74, 6) is 0.00979. The molecule has 2 saturated heterocycles. The van der Waals surface area contributed by atoms with Gasteiger partial charge in [-0.2, -0.15) is 0 Å². The number of hydrogen-bond acceptors (Lipinski definition) is 6. The Hall–Kier alpha value is -2.39. The van der Waals surface area contributed by atoms with E-state index in [1.165, 1.54) is 0 Å². The van der Waals surface area contributed by atoms with Gasteiger partial charge in [-0.3, -0.25) is 19.3 Å². The maximum Gasteiger partial charge on any atom is 0.294 e. The molecule has 0 saturated carbocycles. The van der Waals surface area contributed by atoms with Crippen molar-refractivity contribution in [2.45, 2.75) is 32.8 Å². The quantitative estimate of drug-likeness (QED) is 0.323. The topological polar surface area (TPSA) is 76.2 Å². The van der Waals surface area contributed by atoms with Crippen LogP contribution in [0.4, 0.5) is 4.79 Å². The van der Waals surface area contributed by atoms with Crippen molar-refractivity contribution in [3.63, 3.8) is 0 Å². The molecule has 3 amide bonds. The summed E-state index contributed by atoms with van der Waals surface area (Å²) < 4.78 is 11.7. The molecule has 0 bridgehead atoms. The first kappa shape index (κ1) is 27.6. The van der Waals surface area contributed by atoms with Gasteiger partial charge in [0, 0.05) is 13.1 Å². The van der Waals surface area contributed by atoms with Gasteiger partial charge < -0.3 is 14.4 Å². The number of nitrogens with zero attached hydrogens (tertiary/aromatic N) is 2. The van der Waals surface area contributed by atoms with Crippen molar-refractivity contribution < 1.29 is 23.9 Å². The first-order chi connectivity index (χ1) is 17.8. The van der Waals surface area contributed by atoms with Crippen molar-refractivity contribution >= 4 is 69.7 Å². The molecule has 37 heavy (non-hydrogen) atoms.